The van der Waals surface area contributed by atoms with E-state index >= 15 is 0 Å². The quantitative estimate of drug-likeness (QED) is 0.862. The maximum absolute atomic E-state index is 12.1. The number of rotatable bonds is 3. The molecule has 0 radical (unpaired) electrons. The molecule has 124 valence electrons. The summed E-state index contributed by atoms with van der Waals surface area (Å²) in [5.41, 5.74) is 2.50. The zero-order chi connectivity index (χ0) is 17.1. The van der Waals surface area contributed by atoms with Crippen molar-refractivity contribution in [3.8, 4) is 17.3 Å². The smallest absolute Gasteiger partial charge is 0.225 e. The van der Waals surface area contributed by atoms with Crippen molar-refractivity contribution in [1.29, 1.82) is 5.26 Å². The Kier molecular flexibility index (Phi) is 4.81. The van der Waals surface area contributed by atoms with Gasteiger partial charge < -0.3 is 9.80 Å². The summed E-state index contributed by atoms with van der Waals surface area (Å²) in [6, 6.07) is 9.66. The second-order valence-electron chi connectivity index (χ2n) is 6.17. The first-order chi connectivity index (χ1) is 11.6. The normalized spacial score (nSPS) is 14.8. The zero-order valence-corrected chi connectivity index (χ0v) is 14.7. The molecule has 5 nitrogen and oxygen atoms in total. The Morgan fingerprint density at radius 2 is 2.04 bits per heavy atom. The fourth-order valence-corrected chi connectivity index (χ4v) is 3.66. The lowest BCUT2D eigenvalue weighted by molar-refractivity contribution is -0.134. The van der Waals surface area contributed by atoms with Gasteiger partial charge in [0.2, 0.25) is 5.91 Å². The molecular formula is C18H20N4OS. The minimum absolute atomic E-state index is 0.0513. The first-order valence-corrected chi connectivity index (χ1v) is 8.96. The lowest BCUT2D eigenvalue weighted by Gasteiger charge is -2.35. The Morgan fingerprint density at radius 3 is 2.71 bits per heavy atom. The molecule has 1 aromatic carbocycles. The molecule has 1 amide bonds. The number of amides is 1. The minimum Gasteiger partial charge on any atom is -0.345 e. The van der Waals surface area contributed by atoms with E-state index in [0.29, 0.717) is 5.56 Å². The number of hydrogen-bond donors (Lipinski definition) is 0. The van der Waals surface area contributed by atoms with Crippen LogP contribution in [-0.2, 0) is 4.79 Å². The molecule has 0 saturated carbocycles. The van der Waals surface area contributed by atoms with Gasteiger partial charge in [0, 0.05) is 43.0 Å². The van der Waals surface area contributed by atoms with Gasteiger partial charge in [-0.15, -0.1) is 11.3 Å². The van der Waals surface area contributed by atoms with E-state index in [4.69, 9.17) is 10.2 Å². The highest BCUT2D eigenvalue weighted by Gasteiger charge is 2.24. The van der Waals surface area contributed by atoms with E-state index in [1.165, 1.54) is 0 Å². The fraction of sp³-hybridized carbons (Fsp3) is 0.389. The summed E-state index contributed by atoms with van der Waals surface area (Å²) in [7, 11) is 0. The monoisotopic (exact) mass is 340 g/mol. The van der Waals surface area contributed by atoms with E-state index in [1.54, 1.807) is 17.4 Å². The first-order valence-electron chi connectivity index (χ1n) is 8.08. The van der Waals surface area contributed by atoms with Crippen LogP contribution in [0.25, 0.3) is 11.3 Å². The molecule has 24 heavy (non-hydrogen) atoms. The molecule has 2 heterocycles. The molecule has 1 aliphatic rings. The Morgan fingerprint density at radius 1 is 1.29 bits per heavy atom. The van der Waals surface area contributed by atoms with E-state index in [-0.39, 0.29) is 11.8 Å². The molecular weight excluding hydrogens is 320 g/mol. The maximum atomic E-state index is 12.1. The van der Waals surface area contributed by atoms with Crippen LogP contribution in [0, 0.1) is 17.2 Å². The topological polar surface area (TPSA) is 60.2 Å². The van der Waals surface area contributed by atoms with E-state index in [1.807, 2.05) is 42.3 Å². The van der Waals surface area contributed by atoms with Crippen molar-refractivity contribution in [2.45, 2.75) is 13.8 Å². The third-order valence-corrected chi connectivity index (χ3v) is 5.04. The van der Waals surface area contributed by atoms with Crippen molar-refractivity contribution in [2.75, 3.05) is 31.1 Å². The summed E-state index contributed by atoms with van der Waals surface area (Å²) in [4.78, 5) is 20.9. The zero-order valence-electron chi connectivity index (χ0n) is 13.9. The molecule has 0 aliphatic carbocycles. The Bertz CT molecular complexity index is 769. The van der Waals surface area contributed by atoms with Gasteiger partial charge in [0.1, 0.15) is 0 Å². The van der Waals surface area contributed by atoms with Crippen LogP contribution in [0.3, 0.4) is 0 Å². The lowest BCUT2D eigenvalue weighted by atomic mass is 10.1. The van der Waals surface area contributed by atoms with Crippen molar-refractivity contribution in [2.24, 2.45) is 5.92 Å². The van der Waals surface area contributed by atoms with Crippen LogP contribution in [0.2, 0.25) is 0 Å². The van der Waals surface area contributed by atoms with Crippen LogP contribution >= 0.6 is 11.3 Å². The highest BCUT2D eigenvalue weighted by molar-refractivity contribution is 7.14. The third kappa shape index (κ3) is 3.41. The molecule has 3 rings (SSSR count). The summed E-state index contributed by atoms with van der Waals surface area (Å²) in [6.07, 6.45) is 0. The van der Waals surface area contributed by atoms with E-state index in [9.17, 15) is 4.79 Å². The molecule has 1 aliphatic heterocycles. The van der Waals surface area contributed by atoms with Gasteiger partial charge in [-0.3, -0.25) is 4.79 Å². The molecule has 0 unspecified atom stereocenters. The summed E-state index contributed by atoms with van der Waals surface area (Å²) < 4.78 is 0. The molecule has 0 bridgehead atoms. The average Bonchev–Trinajstić information content (AvgIpc) is 3.11. The summed E-state index contributed by atoms with van der Waals surface area (Å²) in [5, 5.41) is 12.0. The number of benzene rings is 1. The SMILES string of the molecule is CC(C)C(=O)N1CCN(c2nc(-c3cccc(C#N)c3)cs2)CC1. The number of nitriles is 1. The van der Waals surface area contributed by atoms with E-state index in [2.05, 4.69) is 11.0 Å². The number of aromatic nitrogens is 1. The largest absolute Gasteiger partial charge is 0.345 e. The predicted octanol–water partition coefficient (Wildman–Crippen LogP) is 2.99. The van der Waals surface area contributed by atoms with Gasteiger partial charge in [-0.05, 0) is 12.1 Å². The number of nitrogens with zero attached hydrogens (tertiary/aromatic N) is 4. The Balaban J connectivity index is 1.69. The van der Waals surface area contributed by atoms with Crippen molar-refractivity contribution in [3.63, 3.8) is 0 Å². The fourth-order valence-electron chi connectivity index (χ4n) is 2.77. The van der Waals surface area contributed by atoms with E-state index in [0.717, 1.165) is 42.6 Å². The van der Waals surface area contributed by atoms with Crippen LogP contribution in [0.1, 0.15) is 19.4 Å². The highest BCUT2D eigenvalue weighted by Crippen LogP contribution is 2.28. The van der Waals surface area contributed by atoms with Gasteiger partial charge in [0.05, 0.1) is 17.3 Å². The number of piperazine rings is 1. The maximum Gasteiger partial charge on any atom is 0.225 e. The van der Waals surface area contributed by atoms with Gasteiger partial charge >= 0.3 is 0 Å². The highest BCUT2D eigenvalue weighted by atomic mass is 32.1. The second kappa shape index (κ2) is 7.02. The first kappa shape index (κ1) is 16.5. The van der Waals surface area contributed by atoms with Gasteiger partial charge in [-0.1, -0.05) is 26.0 Å². The van der Waals surface area contributed by atoms with Crippen LogP contribution < -0.4 is 4.90 Å². The van der Waals surface area contributed by atoms with E-state index < -0.39 is 0 Å². The summed E-state index contributed by atoms with van der Waals surface area (Å²) in [5.74, 6) is 0.276. The van der Waals surface area contributed by atoms with Crippen LogP contribution in [0.15, 0.2) is 29.6 Å². The summed E-state index contributed by atoms with van der Waals surface area (Å²) >= 11 is 1.61. The molecule has 1 aromatic heterocycles. The molecule has 0 atom stereocenters. The molecule has 1 saturated heterocycles. The second-order valence-corrected chi connectivity index (χ2v) is 7.01. The van der Waals surface area contributed by atoms with Crippen LogP contribution in [0.4, 0.5) is 5.13 Å². The average molecular weight is 340 g/mol. The number of carbonyl (C=O) groups is 1. The lowest BCUT2D eigenvalue weighted by Crippen LogP contribution is -2.49. The Hall–Kier alpha value is -2.39. The standard InChI is InChI=1S/C18H20N4OS/c1-13(2)17(23)21-6-8-22(9-7-21)18-20-16(12-24-18)15-5-3-4-14(10-15)11-19/h3-5,10,12-13H,6-9H2,1-2H3. The molecule has 0 spiro atoms. The predicted molar refractivity (Wildman–Crippen MR) is 95.9 cm³/mol. The molecule has 2 aromatic rings. The van der Waals surface area contributed by atoms with Crippen LogP contribution in [-0.4, -0.2) is 42.0 Å². The van der Waals surface area contributed by atoms with Gasteiger partial charge in [0.25, 0.3) is 0 Å². The van der Waals surface area contributed by atoms with Gasteiger partial charge in [-0.25, -0.2) is 4.98 Å². The number of thiazole rings is 1. The third-order valence-electron chi connectivity index (χ3n) is 4.14. The number of hydrogen-bond acceptors (Lipinski definition) is 5. The van der Waals surface area contributed by atoms with Gasteiger partial charge in [-0.2, -0.15) is 5.26 Å². The van der Waals surface area contributed by atoms with Crippen molar-refractivity contribution < 1.29 is 4.79 Å². The molecule has 1 fully saturated rings. The van der Waals surface area contributed by atoms with Crippen molar-refractivity contribution in [3.05, 3.63) is 35.2 Å². The van der Waals surface area contributed by atoms with Crippen molar-refractivity contribution in [1.82, 2.24) is 9.88 Å². The molecule has 6 heteroatoms. The van der Waals surface area contributed by atoms with Gasteiger partial charge in [0.15, 0.2) is 5.13 Å². The number of anilines is 1. The minimum atomic E-state index is 0.0513. The van der Waals surface area contributed by atoms with Crippen LogP contribution in [0.5, 0.6) is 0 Å². The summed E-state index contributed by atoms with van der Waals surface area (Å²) in [6.45, 7) is 6.99. The number of carbonyl (C=O) groups excluding carboxylic acids is 1. The Labute approximate surface area is 146 Å². The molecule has 0 N–H and O–H groups in total. The van der Waals surface area contributed by atoms with Crippen molar-refractivity contribution >= 4 is 22.4 Å².